The second kappa shape index (κ2) is 6.07. The Morgan fingerprint density at radius 2 is 2.00 bits per heavy atom. The summed E-state index contributed by atoms with van der Waals surface area (Å²) in [7, 11) is 0. The van der Waals surface area contributed by atoms with E-state index in [1.54, 1.807) is 18.2 Å². The van der Waals surface area contributed by atoms with Gasteiger partial charge in [-0.05, 0) is 51.8 Å². The molecule has 1 rings (SSSR count). The Balaban J connectivity index is 2.87. The molecule has 0 spiro atoms. The first kappa shape index (κ1) is 14.8. The van der Waals surface area contributed by atoms with E-state index in [4.69, 9.17) is 15.6 Å². The zero-order valence-corrected chi connectivity index (χ0v) is 11.3. The van der Waals surface area contributed by atoms with Gasteiger partial charge in [-0.3, -0.25) is 0 Å². The lowest BCUT2D eigenvalue weighted by molar-refractivity contribution is 0.130. The molecule has 0 amide bonds. The largest absolute Gasteiger partial charge is 0.508 e. The zero-order valence-electron chi connectivity index (χ0n) is 11.3. The maximum absolute atomic E-state index is 9.80. The molecule has 0 saturated heterocycles. The highest BCUT2D eigenvalue weighted by molar-refractivity contribution is 5.41. The lowest BCUT2D eigenvalue weighted by Crippen LogP contribution is -2.23. The molecule has 0 saturated carbocycles. The third-order valence-electron chi connectivity index (χ3n) is 2.50. The van der Waals surface area contributed by atoms with Crippen LogP contribution in [-0.2, 0) is 0 Å². The summed E-state index contributed by atoms with van der Waals surface area (Å²) in [5.74, 6) is 0.858. The monoisotopic (exact) mass is 253 g/mol. The average Bonchev–Trinajstić information content (AvgIpc) is 2.26. The molecule has 0 heterocycles. The number of benzene rings is 1. The van der Waals surface area contributed by atoms with Crippen LogP contribution in [0.5, 0.6) is 11.5 Å². The van der Waals surface area contributed by atoms with Crippen LogP contribution >= 0.6 is 0 Å². The molecule has 0 fully saturated rings. The first-order valence-electron chi connectivity index (χ1n) is 6.22. The van der Waals surface area contributed by atoms with E-state index < -0.39 is 0 Å². The number of phenols is 1. The molecule has 0 unspecified atom stereocenters. The molecule has 0 aliphatic rings. The normalized spacial score (nSPS) is 13.4. The van der Waals surface area contributed by atoms with E-state index in [2.05, 4.69) is 0 Å². The molecule has 4 heteroatoms. The van der Waals surface area contributed by atoms with E-state index in [0.29, 0.717) is 24.2 Å². The van der Waals surface area contributed by atoms with Crippen LogP contribution in [0.1, 0.15) is 45.2 Å². The fraction of sp³-hybridized carbons (Fsp3) is 0.571. The third-order valence-corrected chi connectivity index (χ3v) is 2.50. The van der Waals surface area contributed by atoms with Crippen molar-refractivity contribution in [1.82, 2.24) is 0 Å². The van der Waals surface area contributed by atoms with Crippen molar-refractivity contribution in [3.8, 4) is 11.5 Å². The van der Waals surface area contributed by atoms with Crippen LogP contribution in [0.4, 0.5) is 0 Å². The van der Waals surface area contributed by atoms with Gasteiger partial charge in [-0.25, -0.2) is 0 Å². The van der Waals surface area contributed by atoms with Crippen molar-refractivity contribution in [2.45, 2.75) is 45.3 Å². The average molecular weight is 253 g/mol. The minimum atomic E-state index is -0.291. The zero-order chi connectivity index (χ0) is 13.8. The van der Waals surface area contributed by atoms with Crippen LogP contribution in [0, 0.1) is 0 Å². The number of rotatable bonds is 5. The van der Waals surface area contributed by atoms with Crippen LogP contribution in [0.25, 0.3) is 0 Å². The molecule has 4 N–H and O–H groups in total. The van der Waals surface area contributed by atoms with Gasteiger partial charge in [0.15, 0.2) is 0 Å². The summed E-state index contributed by atoms with van der Waals surface area (Å²) in [5, 5.41) is 18.6. The first-order chi connectivity index (χ1) is 8.33. The highest BCUT2D eigenvalue weighted by atomic mass is 16.5. The molecule has 18 heavy (non-hydrogen) atoms. The maximum atomic E-state index is 9.80. The lowest BCUT2D eigenvalue weighted by Gasteiger charge is -2.22. The van der Waals surface area contributed by atoms with E-state index in [0.717, 1.165) is 0 Å². The standard InChI is InChI=1S/C14H23NO3/c1-14(2,3)18-10-6-7-13(17)11(9-10)12(15)5-4-8-16/h6-7,9,12,16-17H,4-5,8,15H2,1-3H3/t12-/m1/s1. The second-order valence-corrected chi connectivity index (χ2v) is 5.41. The molecule has 0 aliphatic carbocycles. The SMILES string of the molecule is CC(C)(C)Oc1ccc(O)c([C@H](N)CCCO)c1. The topological polar surface area (TPSA) is 75.7 Å². The van der Waals surface area contributed by atoms with Crippen molar-refractivity contribution in [3.05, 3.63) is 23.8 Å². The van der Waals surface area contributed by atoms with Crippen molar-refractivity contribution in [3.63, 3.8) is 0 Å². The molecule has 102 valence electrons. The first-order valence-corrected chi connectivity index (χ1v) is 6.22. The van der Waals surface area contributed by atoms with Crippen molar-refractivity contribution in [2.24, 2.45) is 5.73 Å². The molecule has 0 aliphatic heterocycles. The number of hydrogen-bond donors (Lipinski definition) is 3. The van der Waals surface area contributed by atoms with Gasteiger partial charge in [-0.2, -0.15) is 0 Å². The summed E-state index contributed by atoms with van der Waals surface area (Å²) in [4.78, 5) is 0. The quantitative estimate of drug-likeness (QED) is 0.753. The number of aliphatic hydroxyl groups is 1. The Kier molecular flexibility index (Phi) is 4.99. The minimum absolute atomic E-state index is 0.104. The predicted molar refractivity (Wildman–Crippen MR) is 71.7 cm³/mol. The molecular weight excluding hydrogens is 230 g/mol. The fourth-order valence-corrected chi connectivity index (χ4v) is 1.71. The second-order valence-electron chi connectivity index (χ2n) is 5.41. The Morgan fingerprint density at radius 1 is 1.33 bits per heavy atom. The summed E-state index contributed by atoms with van der Waals surface area (Å²) in [6.45, 7) is 5.99. The van der Waals surface area contributed by atoms with Gasteiger partial charge >= 0.3 is 0 Å². The van der Waals surface area contributed by atoms with Gasteiger partial charge in [0.2, 0.25) is 0 Å². The molecule has 1 aromatic carbocycles. The van der Waals surface area contributed by atoms with E-state index in [9.17, 15) is 5.11 Å². The molecule has 0 aromatic heterocycles. The number of aliphatic hydroxyl groups excluding tert-OH is 1. The summed E-state index contributed by atoms with van der Waals surface area (Å²) < 4.78 is 5.74. The molecule has 0 radical (unpaired) electrons. The highest BCUT2D eigenvalue weighted by Gasteiger charge is 2.15. The Labute approximate surface area is 108 Å². The van der Waals surface area contributed by atoms with Crippen molar-refractivity contribution in [2.75, 3.05) is 6.61 Å². The van der Waals surface area contributed by atoms with E-state index in [-0.39, 0.29) is 24.0 Å². The summed E-state index contributed by atoms with van der Waals surface area (Å²) >= 11 is 0. The summed E-state index contributed by atoms with van der Waals surface area (Å²) in [6.07, 6.45) is 1.24. The van der Waals surface area contributed by atoms with Gasteiger partial charge in [0.1, 0.15) is 17.1 Å². The van der Waals surface area contributed by atoms with Gasteiger partial charge in [0, 0.05) is 18.2 Å². The summed E-state index contributed by atoms with van der Waals surface area (Å²) in [6, 6.07) is 4.79. The molecule has 1 aromatic rings. The van der Waals surface area contributed by atoms with Crippen LogP contribution in [-0.4, -0.2) is 22.4 Å². The van der Waals surface area contributed by atoms with E-state index in [1.165, 1.54) is 0 Å². The van der Waals surface area contributed by atoms with Crippen LogP contribution in [0.15, 0.2) is 18.2 Å². The van der Waals surface area contributed by atoms with Crippen molar-refractivity contribution >= 4 is 0 Å². The van der Waals surface area contributed by atoms with Crippen molar-refractivity contribution < 1.29 is 14.9 Å². The summed E-state index contributed by atoms with van der Waals surface area (Å²) in [5.41, 5.74) is 6.36. The Bertz CT molecular complexity index is 385. The fourth-order valence-electron chi connectivity index (χ4n) is 1.71. The number of ether oxygens (including phenoxy) is 1. The van der Waals surface area contributed by atoms with Crippen molar-refractivity contribution in [1.29, 1.82) is 0 Å². The lowest BCUT2D eigenvalue weighted by atomic mass is 10.0. The van der Waals surface area contributed by atoms with Gasteiger partial charge in [0.25, 0.3) is 0 Å². The molecule has 0 bridgehead atoms. The maximum Gasteiger partial charge on any atom is 0.120 e. The van der Waals surface area contributed by atoms with E-state index in [1.807, 2.05) is 20.8 Å². The van der Waals surface area contributed by atoms with Gasteiger partial charge in [0.05, 0.1) is 0 Å². The van der Waals surface area contributed by atoms with Gasteiger partial charge < -0.3 is 20.7 Å². The number of nitrogens with two attached hydrogens (primary N) is 1. The smallest absolute Gasteiger partial charge is 0.120 e. The third kappa shape index (κ3) is 4.55. The predicted octanol–water partition coefficient (Wildman–Crippen LogP) is 2.34. The van der Waals surface area contributed by atoms with E-state index >= 15 is 0 Å². The van der Waals surface area contributed by atoms with Crippen LogP contribution in [0.2, 0.25) is 0 Å². The molecule has 4 nitrogen and oxygen atoms in total. The number of aromatic hydroxyl groups is 1. The Morgan fingerprint density at radius 3 is 2.56 bits per heavy atom. The number of hydrogen-bond acceptors (Lipinski definition) is 4. The van der Waals surface area contributed by atoms with Gasteiger partial charge in [-0.1, -0.05) is 0 Å². The number of phenolic OH excluding ortho intramolecular Hbond substituents is 1. The van der Waals surface area contributed by atoms with Gasteiger partial charge in [-0.15, -0.1) is 0 Å². The van der Waals surface area contributed by atoms with Crippen LogP contribution < -0.4 is 10.5 Å². The molecule has 1 atom stereocenters. The Hall–Kier alpha value is -1.26. The highest BCUT2D eigenvalue weighted by Crippen LogP contribution is 2.30. The molecular formula is C14H23NO3. The van der Waals surface area contributed by atoms with Crippen LogP contribution in [0.3, 0.4) is 0 Å². The minimum Gasteiger partial charge on any atom is -0.508 e.